The molecule has 2 fully saturated rings. The fraction of sp³-hybridized carbons (Fsp3) is 0.440. The molecule has 3 heterocycles. The van der Waals surface area contributed by atoms with Crippen LogP contribution in [0, 0.1) is 20.2 Å². The maximum absolute atomic E-state index is 11.7. The molecule has 4 N–H and O–H groups in total. The number of nitrogens with zero attached hydrogens (tertiary/aromatic N) is 4. The Morgan fingerprint density at radius 3 is 2.57 bits per heavy atom. The predicted octanol–water partition coefficient (Wildman–Crippen LogP) is 0.470. The van der Waals surface area contributed by atoms with Crippen molar-refractivity contribution in [3.63, 3.8) is 0 Å². The molecule has 1 saturated carbocycles. The first-order valence-electron chi connectivity index (χ1n) is 12.1. The average molecular weight is 588 g/mol. The number of carbonyl (C=O) groups excluding carboxylic acids is 1. The van der Waals surface area contributed by atoms with E-state index < -0.39 is 26.8 Å². The number of halogens is 1. The van der Waals surface area contributed by atoms with Gasteiger partial charge in [-0.25, -0.2) is 0 Å². The number of rotatable bonds is 8. The van der Waals surface area contributed by atoms with Crippen LogP contribution in [0.1, 0.15) is 44.7 Å². The summed E-state index contributed by atoms with van der Waals surface area (Å²) in [4.78, 5) is 23.5. The second-order valence-electron chi connectivity index (χ2n) is 9.39. The van der Waals surface area contributed by atoms with Crippen LogP contribution in [0.15, 0.2) is 36.4 Å². The van der Waals surface area contributed by atoms with Gasteiger partial charge in [-0.15, -0.1) is 0 Å². The van der Waals surface area contributed by atoms with Crippen LogP contribution in [0.25, 0.3) is 0 Å². The van der Waals surface area contributed by atoms with Crippen LogP contribution in [0.3, 0.4) is 0 Å². The van der Waals surface area contributed by atoms with E-state index in [-0.39, 0.29) is 5.91 Å². The third kappa shape index (κ3) is 5.58. The molecule has 3 aromatic rings. The number of H-pyrrole nitrogens is 1. The van der Waals surface area contributed by atoms with Gasteiger partial charge < -0.3 is 0 Å². The SMILES string of the molecule is CCC(=O)Nc1ccc([I-]c2nc(Nc3cc(C)[nH]n3)cc(N3CC(O)(C4CCCC4)C3)n2)cc1. The summed E-state index contributed by atoms with van der Waals surface area (Å²) in [5, 5.41) is 24.5. The molecule has 0 bridgehead atoms. The van der Waals surface area contributed by atoms with Gasteiger partial charge in [-0.05, 0) is 0 Å². The van der Waals surface area contributed by atoms with E-state index >= 15 is 0 Å². The molecule has 9 nitrogen and oxygen atoms in total. The van der Waals surface area contributed by atoms with Gasteiger partial charge in [-0.3, -0.25) is 0 Å². The topological polar surface area (TPSA) is 119 Å². The Labute approximate surface area is 215 Å². The normalized spacial score (nSPS) is 17.4. The van der Waals surface area contributed by atoms with E-state index in [1.54, 1.807) is 0 Å². The van der Waals surface area contributed by atoms with E-state index in [9.17, 15) is 9.90 Å². The van der Waals surface area contributed by atoms with Crippen LogP contribution in [0.2, 0.25) is 0 Å². The van der Waals surface area contributed by atoms with Gasteiger partial charge in [-0.1, -0.05) is 0 Å². The second kappa shape index (κ2) is 10.1. The monoisotopic (exact) mass is 588 g/mol. The van der Waals surface area contributed by atoms with E-state index in [4.69, 9.17) is 9.97 Å². The molecule has 1 aliphatic heterocycles. The van der Waals surface area contributed by atoms with Crippen LogP contribution in [-0.2, 0) is 4.79 Å². The minimum atomic E-state index is -0.646. The summed E-state index contributed by atoms with van der Waals surface area (Å²) in [6.07, 6.45) is 5.11. The summed E-state index contributed by atoms with van der Waals surface area (Å²) < 4.78 is 1.95. The van der Waals surface area contributed by atoms with E-state index in [2.05, 4.69) is 25.7 Å². The average Bonchev–Trinajstić information content (AvgIpc) is 3.50. The Kier molecular flexibility index (Phi) is 6.92. The Morgan fingerprint density at radius 1 is 1.17 bits per heavy atom. The molecule has 0 radical (unpaired) electrons. The zero-order chi connectivity index (χ0) is 24.4. The van der Waals surface area contributed by atoms with Crippen molar-refractivity contribution >= 4 is 29.0 Å². The minimum absolute atomic E-state index is 0.0000807. The van der Waals surface area contributed by atoms with E-state index in [0.717, 1.165) is 37.4 Å². The Hall–Kier alpha value is -2.73. The van der Waals surface area contributed by atoms with Crippen molar-refractivity contribution in [2.24, 2.45) is 5.92 Å². The van der Waals surface area contributed by atoms with Crippen LogP contribution >= 0.6 is 0 Å². The Balaban J connectivity index is 1.35. The number of carbonyl (C=O) groups is 1. The molecular weight excluding hydrogens is 557 g/mol. The number of aryl methyl sites for hydroxylation is 1. The summed E-state index contributed by atoms with van der Waals surface area (Å²) in [5.74, 6) is 2.63. The second-order valence-corrected chi connectivity index (χ2v) is 12.1. The summed E-state index contributed by atoms with van der Waals surface area (Å²) in [6.45, 7) is 5.01. The molecule has 0 spiro atoms. The number of anilines is 4. The number of hydrogen-bond acceptors (Lipinski definition) is 7. The molecular formula is C25H31IN7O2-. The van der Waals surface area contributed by atoms with Gasteiger partial charge in [0.15, 0.2) is 0 Å². The standard InChI is InChI=1S/C25H31IN7O2/c1-3-23(34)27-19-10-8-18(9-11-19)26-24-29-20(28-21-12-16(2)31-32-21)13-22(30-24)33-14-25(35,15-33)17-6-4-5-7-17/h8-13,17,35H,3-7,14-15H2,1-2H3,(H,27,34)(H2,28,29,30,31,32)/q-1. The molecule has 1 saturated heterocycles. The van der Waals surface area contributed by atoms with Crippen molar-refractivity contribution in [3.8, 4) is 0 Å². The fourth-order valence-electron chi connectivity index (χ4n) is 4.73. The van der Waals surface area contributed by atoms with E-state index in [0.29, 0.717) is 37.1 Å². The summed E-state index contributed by atoms with van der Waals surface area (Å²) in [6, 6.07) is 11.8. The number of amides is 1. The van der Waals surface area contributed by atoms with Crippen molar-refractivity contribution in [2.75, 3.05) is 28.6 Å². The fourth-order valence-corrected chi connectivity index (χ4v) is 6.75. The maximum atomic E-state index is 11.7. The van der Waals surface area contributed by atoms with Crippen LogP contribution in [0.5, 0.6) is 0 Å². The van der Waals surface area contributed by atoms with Crippen molar-refractivity contribution in [3.05, 3.63) is 49.5 Å². The summed E-state index contributed by atoms with van der Waals surface area (Å²) in [5.41, 5.74) is 1.15. The van der Waals surface area contributed by atoms with Gasteiger partial charge in [0.25, 0.3) is 0 Å². The molecule has 1 aliphatic carbocycles. The first-order valence-corrected chi connectivity index (χ1v) is 14.3. The third-order valence-corrected chi connectivity index (χ3v) is 8.97. The zero-order valence-electron chi connectivity index (χ0n) is 20.0. The van der Waals surface area contributed by atoms with Gasteiger partial charge in [0.1, 0.15) is 0 Å². The Morgan fingerprint density at radius 2 is 1.91 bits per heavy atom. The molecule has 5 rings (SSSR count). The molecule has 186 valence electrons. The number of aromatic nitrogens is 4. The van der Waals surface area contributed by atoms with Gasteiger partial charge in [-0.2, -0.15) is 0 Å². The summed E-state index contributed by atoms with van der Waals surface area (Å²) in [7, 11) is 0. The molecule has 2 aliphatic rings. The van der Waals surface area contributed by atoms with Crippen LogP contribution in [0.4, 0.5) is 23.1 Å². The molecule has 1 aromatic carbocycles. The number of aliphatic hydroxyl groups is 1. The number of nitrogens with one attached hydrogen (secondary N) is 3. The van der Waals surface area contributed by atoms with Crippen molar-refractivity contribution in [1.29, 1.82) is 0 Å². The van der Waals surface area contributed by atoms with E-state index in [1.165, 1.54) is 12.8 Å². The van der Waals surface area contributed by atoms with Gasteiger partial charge >= 0.3 is 216 Å². The van der Waals surface area contributed by atoms with Gasteiger partial charge in [0.05, 0.1) is 0 Å². The molecule has 0 unspecified atom stereocenters. The quantitative estimate of drug-likeness (QED) is 0.223. The van der Waals surface area contributed by atoms with Crippen molar-refractivity contribution in [1.82, 2.24) is 20.2 Å². The Bertz CT molecular complexity index is 1180. The van der Waals surface area contributed by atoms with Crippen LogP contribution < -0.4 is 36.7 Å². The van der Waals surface area contributed by atoms with Gasteiger partial charge in [0.2, 0.25) is 0 Å². The summed E-state index contributed by atoms with van der Waals surface area (Å²) >= 11 is -0.646. The molecule has 1 amide bonds. The third-order valence-electron chi connectivity index (χ3n) is 6.66. The number of β-amino-alcohol motifs (C(OH)–C–C–N with tert-alkyl or cyclic N) is 1. The predicted molar refractivity (Wildman–Crippen MR) is 131 cm³/mol. The number of hydrogen-bond donors (Lipinski definition) is 4. The number of benzene rings is 1. The van der Waals surface area contributed by atoms with Gasteiger partial charge in [0, 0.05) is 0 Å². The van der Waals surface area contributed by atoms with Crippen molar-refractivity contribution < 1.29 is 31.1 Å². The first kappa shape index (κ1) is 24.0. The van der Waals surface area contributed by atoms with Crippen LogP contribution in [-0.4, -0.2) is 49.9 Å². The van der Waals surface area contributed by atoms with E-state index in [1.807, 2.05) is 50.2 Å². The molecule has 2 aromatic heterocycles. The number of aromatic amines is 1. The molecule has 10 heteroatoms. The van der Waals surface area contributed by atoms with Crippen molar-refractivity contribution in [2.45, 2.75) is 51.6 Å². The molecule has 35 heavy (non-hydrogen) atoms. The molecule has 0 atom stereocenters. The zero-order valence-corrected chi connectivity index (χ0v) is 22.2. The first-order chi connectivity index (χ1) is 16.9.